The average molecular weight is 356 g/mol. The summed E-state index contributed by atoms with van der Waals surface area (Å²) in [5.74, 6) is 0. The zero-order chi connectivity index (χ0) is 17.1. The van der Waals surface area contributed by atoms with Crippen molar-refractivity contribution in [3.05, 3.63) is 58.4 Å². The highest BCUT2D eigenvalue weighted by atomic mass is 32.1. The van der Waals surface area contributed by atoms with E-state index in [2.05, 4.69) is 62.6 Å². The maximum atomic E-state index is 9.48. The van der Waals surface area contributed by atoms with Crippen LogP contribution in [0.3, 0.4) is 0 Å². The zero-order valence-electron chi connectivity index (χ0n) is 14.4. The van der Waals surface area contributed by atoms with E-state index in [0.717, 1.165) is 39.1 Å². The van der Waals surface area contributed by atoms with Crippen molar-refractivity contribution in [3.63, 3.8) is 0 Å². The number of hydrogen-bond donors (Lipinski definition) is 2. The van der Waals surface area contributed by atoms with Gasteiger partial charge in [-0.3, -0.25) is 9.80 Å². The molecule has 1 aliphatic heterocycles. The Bertz CT molecular complexity index is 765. The quantitative estimate of drug-likeness (QED) is 0.713. The number of nitrogens with one attached hydrogen (secondary N) is 1. The molecule has 1 aliphatic rings. The summed E-state index contributed by atoms with van der Waals surface area (Å²) in [6, 6.07) is 15.4. The topological polar surface area (TPSA) is 42.5 Å². The smallest absolute Gasteiger partial charge is 0.0456 e. The number of aromatic amines is 1. The number of nitrogens with zero attached hydrogens (tertiary/aromatic N) is 2. The molecule has 132 valence electrons. The zero-order valence-corrected chi connectivity index (χ0v) is 15.2. The van der Waals surface area contributed by atoms with E-state index in [0.29, 0.717) is 6.04 Å². The normalized spacial score (nSPS) is 19.6. The van der Waals surface area contributed by atoms with Crippen LogP contribution in [0.1, 0.15) is 17.0 Å². The van der Waals surface area contributed by atoms with Gasteiger partial charge in [0.25, 0.3) is 0 Å². The molecular weight excluding hydrogens is 330 g/mol. The van der Waals surface area contributed by atoms with Gasteiger partial charge in [-0.2, -0.15) is 0 Å². The number of hydrogen-bond acceptors (Lipinski definition) is 4. The Morgan fingerprint density at radius 3 is 2.84 bits per heavy atom. The third kappa shape index (κ3) is 3.96. The second-order valence-electron chi connectivity index (χ2n) is 6.83. The lowest BCUT2D eigenvalue weighted by atomic mass is 10.1. The van der Waals surface area contributed by atoms with E-state index in [-0.39, 0.29) is 6.61 Å². The maximum absolute atomic E-state index is 9.48. The van der Waals surface area contributed by atoms with E-state index >= 15 is 0 Å². The number of para-hydroxylation sites is 1. The second-order valence-corrected chi connectivity index (χ2v) is 7.87. The molecule has 0 saturated carbocycles. The molecule has 0 spiro atoms. The van der Waals surface area contributed by atoms with Crippen LogP contribution in [0.15, 0.2) is 47.8 Å². The molecule has 0 radical (unpaired) electrons. The van der Waals surface area contributed by atoms with Crippen LogP contribution in [0.4, 0.5) is 0 Å². The molecule has 1 fully saturated rings. The molecule has 1 aromatic carbocycles. The molecular formula is C20H25N3OS. The second kappa shape index (κ2) is 7.70. The monoisotopic (exact) mass is 355 g/mol. The third-order valence-electron chi connectivity index (χ3n) is 5.07. The number of aliphatic hydroxyl groups is 1. The Kier molecular flexibility index (Phi) is 5.17. The van der Waals surface area contributed by atoms with Crippen LogP contribution >= 0.6 is 11.3 Å². The van der Waals surface area contributed by atoms with Crippen LogP contribution in [0.2, 0.25) is 0 Å². The van der Waals surface area contributed by atoms with Gasteiger partial charge in [-0.05, 0) is 35.4 Å². The molecule has 2 aromatic heterocycles. The van der Waals surface area contributed by atoms with Gasteiger partial charge < -0.3 is 10.1 Å². The lowest BCUT2D eigenvalue weighted by Gasteiger charge is -2.41. The fraction of sp³-hybridized carbons (Fsp3) is 0.400. The number of rotatable bonds is 6. The molecule has 2 N–H and O–H groups in total. The van der Waals surface area contributed by atoms with Crippen LogP contribution < -0.4 is 0 Å². The fourth-order valence-electron chi connectivity index (χ4n) is 3.79. The van der Waals surface area contributed by atoms with Crippen molar-refractivity contribution in [1.82, 2.24) is 14.8 Å². The number of aliphatic hydroxyl groups excluding tert-OH is 1. The van der Waals surface area contributed by atoms with E-state index in [4.69, 9.17) is 0 Å². The number of fused-ring (bicyclic) bond motifs is 1. The van der Waals surface area contributed by atoms with Gasteiger partial charge in [0.15, 0.2) is 0 Å². The Labute approximate surface area is 152 Å². The molecule has 1 atom stereocenters. The van der Waals surface area contributed by atoms with Crippen molar-refractivity contribution < 1.29 is 5.11 Å². The molecule has 0 bridgehead atoms. The summed E-state index contributed by atoms with van der Waals surface area (Å²) in [6.45, 7) is 5.35. The summed E-state index contributed by atoms with van der Waals surface area (Å²) in [5.41, 5.74) is 2.48. The minimum atomic E-state index is 0.256. The van der Waals surface area contributed by atoms with Gasteiger partial charge in [0, 0.05) is 61.5 Å². The molecule has 0 amide bonds. The lowest BCUT2D eigenvalue weighted by Crippen LogP contribution is -2.52. The first-order chi connectivity index (χ1) is 12.3. The van der Waals surface area contributed by atoms with Crippen molar-refractivity contribution in [2.45, 2.75) is 25.6 Å². The molecule has 4 rings (SSSR count). The first-order valence-electron chi connectivity index (χ1n) is 8.98. The molecule has 3 aromatic rings. The van der Waals surface area contributed by atoms with E-state index in [1.54, 1.807) is 0 Å². The maximum Gasteiger partial charge on any atom is 0.0456 e. The van der Waals surface area contributed by atoms with Gasteiger partial charge >= 0.3 is 0 Å². The molecule has 0 aliphatic carbocycles. The van der Waals surface area contributed by atoms with Crippen LogP contribution in [0.25, 0.3) is 10.9 Å². The first kappa shape index (κ1) is 16.8. The third-order valence-corrected chi connectivity index (χ3v) is 5.93. The fourth-order valence-corrected chi connectivity index (χ4v) is 4.52. The predicted molar refractivity (Wildman–Crippen MR) is 104 cm³/mol. The summed E-state index contributed by atoms with van der Waals surface area (Å²) in [5, 5.41) is 12.9. The van der Waals surface area contributed by atoms with Crippen LogP contribution in [-0.4, -0.2) is 52.2 Å². The summed E-state index contributed by atoms with van der Waals surface area (Å²) >= 11 is 1.82. The predicted octanol–water partition coefficient (Wildman–Crippen LogP) is 3.30. The van der Waals surface area contributed by atoms with Gasteiger partial charge in [0.1, 0.15) is 0 Å². The molecule has 4 nitrogen and oxygen atoms in total. The van der Waals surface area contributed by atoms with Gasteiger partial charge in [-0.25, -0.2) is 0 Å². The molecule has 3 heterocycles. The van der Waals surface area contributed by atoms with E-state index in [9.17, 15) is 5.11 Å². The van der Waals surface area contributed by atoms with Crippen molar-refractivity contribution in [1.29, 1.82) is 0 Å². The Morgan fingerprint density at radius 1 is 1.12 bits per heavy atom. The molecule has 0 unspecified atom stereocenters. The van der Waals surface area contributed by atoms with Crippen molar-refractivity contribution >= 4 is 22.2 Å². The number of thiophene rings is 1. The minimum absolute atomic E-state index is 0.256. The highest BCUT2D eigenvalue weighted by molar-refractivity contribution is 7.09. The number of H-pyrrole nitrogens is 1. The van der Waals surface area contributed by atoms with Gasteiger partial charge in [-0.1, -0.05) is 24.3 Å². The van der Waals surface area contributed by atoms with Crippen molar-refractivity contribution in [2.24, 2.45) is 0 Å². The van der Waals surface area contributed by atoms with E-state index in [1.807, 2.05) is 11.3 Å². The number of piperazine rings is 1. The standard InChI is InChI=1S/C20H25N3OS/c24-10-7-18-14-22(8-9-23(18)15-19-5-3-11-25-19)13-17-12-16-4-1-2-6-20(16)21-17/h1-6,11-12,18,21,24H,7-10,13-15H2/t18-/m1/s1. The summed E-state index contributed by atoms with van der Waals surface area (Å²) < 4.78 is 0. The highest BCUT2D eigenvalue weighted by Gasteiger charge is 2.27. The van der Waals surface area contributed by atoms with Crippen molar-refractivity contribution in [3.8, 4) is 0 Å². The van der Waals surface area contributed by atoms with Crippen LogP contribution in [0, 0.1) is 0 Å². The number of aromatic nitrogens is 1. The van der Waals surface area contributed by atoms with Crippen LogP contribution in [0.5, 0.6) is 0 Å². The Morgan fingerprint density at radius 2 is 2.04 bits per heavy atom. The van der Waals surface area contributed by atoms with Crippen LogP contribution in [-0.2, 0) is 13.1 Å². The summed E-state index contributed by atoms with van der Waals surface area (Å²) in [4.78, 5) is 9.98. The minimum Gasteiger partial charge on any atom is -0.396 e. The largest absolute Gasteiger partial charge is 0.396 e. The first-order valence-corrected chi connectivity index (χ1v) is 9.86. The highest BCUT2D eigenvalue weighted by Crippen LogP contribution is 2.21. The average Bonchev–Trinajstić information content (AvgIpc) is 3.26. The van der Waals surface area contributed by atoms with Crippen molar-refractivity contribution in [2.75, 3.05) is 26.2 Å². The van der Waals surface area contributed by atoms with E-state index in [1.165, 1.54) is 21.5 Å². The SMILES string of the molecule is OCC[C@@H]1CN(Cc2cc3ccccc3[nH]2)CCN1Cc1cccs1. The lowest BCUT2D eigenvalue weighted by molar-refractivity contribution is 0.0502. The number of benzene rings is 1. The Hall–Kier alpha value is -1.66. The molecule has 25 heavy (non-hydrogen) atoms. The van der Waals surface area contributed by atoms with Gasteiger partial charge in [0.05, 0.1) is 0 Å². The van der Waals surface area contributed by atoms with E-state index < -0.39 is 0 Å². The molecule has 1 saturated heterocycles. The Balaban J connectivity index is 1.42. The summed E-state index contributed by atoms with van der Waals surface area (Å²) in [6.07, 6.45) is 0.842. The summed E-state index contributed by atoms with van der Waals surface area (Å²) in [7, 11) is 0. The molecule has 5 heteroatoms. The van der Waals surface area contributed by atoms with Gasteiger partial charge in [-0.15, -0.1) is 11.3 Å². The van der Waals surface area contributed by atoms with Gasteiger partial charge in [0.2, 0.25) is 0 Å².